The van der Waals surface area contributed by atoms with Gasteiger partial charge in [0.05, 0.1) is 12.1 Å². The van der Waals surface area contributed by atoms with E-state index in [2.05, 4.69) is 26.2 Å². The SMILES string of the molecule is O=C(NCC(O)(c1cccs1)C1CC1)c1cncc(Br)c1. The molecule has 0 aromatic carbocycles. The van der Waals surface area contributed by atoms with Gasteiger partial charge in [-0.2, -0.15) is 0 Å². The number of carbonyl (C=O) groups is 1. The van der Waals surface area contributed by atoms with Gasteiger partial charge in [-0.25, -0.2) is 0 Å². The number of carbonyl (C=O) groups excluding carboxylic acids is 1. The van der Waals surface area contributed by atoms with E-state index < -0.39 is 5.60 Å². The fraction of sp³-hybridized carbons (Fsp3) is 0.333. The van der Waals surface area contributed by atoms with Crippen LogP contribution in [0.15, 0.2) is 40.4 Å². The van der Waals surface area contributed by atoms with E-state index in [9.17, 15) is 9.90 Å². The molecule has 2 N–H and O–H groups in total. The van der Waals surface area contributed by atoms with Crippen LogP contribution in [0.3, 0.4) is 0 Å². The molecule has 1 amide bonds. The van der Waals surface area contributed by atoms with Gasteiger partial charge >= 0.3 is 0 Å². The molecule has 1 aliphatic rings. The number of hydrogen-bond donors (Lipinski definition) is 2. The van der Waals surface area contributed by atoms with Gasteiger partial charge in [0.15, 0.2) is 0 Å². The van der Waals surface area contributed by atoms with Crippen LogP contribution in [0.2, 0.25) is 0 Å². The van der Waals surface area contributed by atoms with Gasteiger partial charge in [-0.3, -0.25) is 9.78 Å². The van der Waals surface area contributed by atoms with Crippen LogP contribution in [0.4, 0.5) is 0 Å². The summed E-state index contributed by atoms with van der Waals surface area (Å²) in [6.45, 7) is 0.226. The maximum atomic E-state index is 12.2. The Bertz CT molecular complexity index is 643. The molecule has 0 saturated heterocycles. The lowest BCUT2D eigenvalue weighted by atomic mass is 9.95. The summed E-state index contributed by atoms with van der Waals surface area (Å²) in [7, 11) is 0. The Morgan fingerprint density at radius 3 is 2.95 bits per heavy atom. The predicted molar refractivity (Wildman–Crippen MR) is 85.2 cm³/mol. The number of thiophene rings is 1. The molecule has 2 aromatic rings. The Kier molecular flexibility index (Phi) is 4.10. The zero-order chi connectivity index (χ0) is 14.9. The van der Waals surface area contributed by atoms with Crippen LogP contribution in [0, 0.1) is 5.92 Å². The number of rotatable bonds is 5. The molecule has 3 rings (SSSR count). The fourth-order valence-electron chi connectivity index (χ4n) is 2.37. The maximum Gasteiger partial charge on any atom is 0.252 e. The van der Waals surface area contributed by atoms with Crippen molar-refractivity contribution in [3.05, 3.63) is 50.9 Å². The molecule has 2 heterocycles. The Morgan fingerprint density at radius 2 is 2.33 bits per heavy atom. The summed E-state index contributed by atoms with van der Waals surface area (Å²) in [5.74, 6) is 0.0107. The van der Waals surface area contributed by atoms with E-state index in [1.165, 1.54) is 17.5 Å². The van der Waals surface area contributed by atoms with Gasteiger partial charge in [0.1, 0.15) is 5.60 Å². The van der Waals surface area contributed by atoms with E-state index in [1.807, 2.05) is 17.5 Å². The first-order valence-corrected chi connectivity index (χ1v) is 8.42. The summed E-state index contributed by atoms with van der Waals surface area (Å²) in [6, 6.07) is 5.56. The zero-order valence-electron chi connectivity index (χ0n) is 11.3. The fourth-order valence-corrected chi connectivity index (χ4v) is 3.64. The summed E-state index contributed by atoms with van der Waals surface area (Å²) >= 11 is 4.82. The highest BCUT2D eigenvalue weighted by atomic mass is 79.9. The monoisotopic (exact) mass is 366 g/mol. The summed E-state index contributed by atoms with van der Waals surface area (Å²) in [4.78, 5) is 17.1. The lowest BCUT2D eigenvalue weighted by molar-refractivity contribution is 0.0169. The van der Waals surface area contributed by atoms with Gasteiger partial charge < -0.3 is 10.4 Å². The van der Waals surface area contributed by atoms with Crippen molar-refractivity contribution in [3.8, 4) is 0 Å². The summed E-state index contributed by atoms with van der Waals surface area (Å²) in [6.07, 6.45) is 5.15. The van der Waals surface area contributed by atoms with E-state index in [0.717, 1.165) is 22.2 Å². The molecular formula is C15H15BrN2O2S. The number of hydrogen-bond acceptors (Lipinski definition) is 4. The minimum absolute atomic E-state index is 0.223. The molecule has 0 aliphatic heterocycles. The van der Waals surface area contributed by atoms with Gasteiger partial charge in [-0.05, 0) is 52.2 Å². The highest BCUT2D eigenvalue weighted by molar-refractivity contribution is 9.10. The number of amides is 1. The number of pyridine rings is 1. The van der Waals surface area contributed by atoms with Gasteiger partial charge in [0.25, 0.3) is 5.91 Å². The third-order valence-corrected chi connectivity index (χ3v) is 5.16. The second kappa shape index (κ2) is 5.87. The molecule has 1 fully saturated rings. The van der Waals surface area contributed by atoms with Crippen molar-refractivity contribution < 1.29 is 9.90 Å². The standard InChI is InChI=1S/C15H15BrN2O2S/c16-12-6-10(7-17-8-12)14(19)18-9-15(20,11-3-4-11)13-2-1-5-21-13/h1-2,5-8,11,20H,3-4,9H2,(H,18,19). The van der Waals surface area contributed by atoms with Crippen molar-refractivity contribution >= 4 is 33.2 Å². The first-order chi connectivity index (χ1) is 10.1. The first-order valence-electron chi connectivity index (χ1n) is 6.75. The lowest BCUT2D eigenvalue weighted by Crippen LogP contribution is -2.42. The topological polar surface area (TPSA) is 62.2 Å². The van der Waals surface area contributed by atoms with Crippen LogP contribution >= 0.6 is 27.3 Å². The predicted octanol–water partition coefficient (Wildman–Crippen LogP) is 2.93. The second-order valence-electron chi connectivity index (χ2n) is 5.25. The van der Waals surface area contributed by atoms with E-state index in [4.69, 9.17) is 0 Å². The first kappa shape index (κ1) is 14.7. The molecule has 1 saturated carbocycles. The lowest BCUT2D eigenvalue weighted by Gasteiger charge is -2.27. The molecule has 21 heavy (non-hydrogen) atoms. The Hall–Kier alpha value is -1.24. The highest BCUT2D eigenvalue weighted by Crippen LogP contribution is 2.46. The smallest absolute Gasteiger partial charge is 0.252 e. The summed E-state index contributed by atoms with van der Waals surface area (Å²) in [5.41, 5.74) is -0.475. The molecule has 4 nitrogen and oxygen atoms in total. The van der Waals surface area contributed by atoms with Gasteiger partial charge in [-0.1, -0.05) is 6.07 Å². The number of aliphatic hydroxyl groups is 1. The van der Waals surface area contributed by atoms with Crippen molar-refractivity contribution in [2.75, 3.05) is 6.54 Å². The quantitative estimate of drug-likeness (QED) is 0.854. The molecule has 2 aromatic heterocycles. The highest BCUT2D eigenvalue weighted by Gasteiger charge is 2.45. The average Bonchev–Trinajstić information content (AvgIpc) is 3.19. The van der Waals surface area contributed by atoms with E-state index >= 15 is 0 Å². The maximum absolute atomic E-state index is 12.2. The number of nitrogens with zero attached hydrogens (tertiary/aromatic N) is 1. The molecular weight excluding hydrogens is 352 g/mol. The molecule has 1 unspecified atom stereocenters. The number of halogens is 1. The van der Waals surface area contributed by atoms with Crippen molar-refractivity contribution in [2.45, 2.75) is 18.4 Å². The zero-order valence-corrected chi connectivity index (χ0v) is 13.7. The van der Waals surface area contributed by atoms with Crippen LogP contribution in [0.5, 0.6) is 0 Å². The minimum Gasteiger partial charge on any atom is -0.382 e. The third kappa shape index (κ3) is 3.17. The largest absolute Gasteiger partial charge is 0.382 e. The van der Waals surface area contributed by atoms with Gasteiger partial charge in [-0.15, -0.1) is 11.3 Å². The molecule has 110 valence electrons. The number of nitrogens with one attached hydrogen (secondary N) is 1. The molecule has 0 radical (unpaired) electrons. The average molecular weight is 367 g/mol. The van der Waals surface area contributed by atoms with Crippen molar-refractivity contribution in [3.63, 3.8) is 0 Å². The third-order valence-electron chi connectivity index (χ3n) is 3.69. The molecule has 6 heteroatoms. The second-order valence-corrected chi connectivity index (χ2v) is 7.11. The van der Waals surface area contributed by atoms with Gasteiger partial charge in [0, 0.05) is 21.7 Å². The van der Waals surface area contributed by atoms with Crippen molar-refractivity contribution in [1.29, 1.82) is 0 Å². The molecule has 0 bridgehead atoms. The Balaban J connectivity index is 1.72. The van der Waals surface area contributed by atoms with Crippen LogP contribution in [0.25, 0.3) is 0 Å². The summed E-state index contributed by atoms with van der Waals surface area (Å²) < 4.78 is 0.755. The van der Waals surface area contributed by atoms with Gasteiger partial charge in [0.2, 0.25) is 0 Å². The molecule has 1 aliphatic carbocycles. The van der Waals surface area contributed by atoms with Crippen LogP contribution in [-0.2, 0) is 5.60 Å². The van der Waals surface area contributed by atoms with E-state index in [-0.39, 0.29) is 18.4 Å². The van der Waals surface area contributed by atoms with Crippen LogP contribution < -0.4 is 5.32 Å². The molecule has 0 spiro atoms. The molecule has 1 atom stereocenters. The van der Waals surface area contributed by atoms with E-state index in [0.29, 0.717) is 5.56 Å². The van der Waals surface area contributed by atoms with Crippen molar-refractivity contribution in [1.82, 2.24) is 10.3 Å². The number of aromatic nitrogens is 1. The normalized spacial score (nSPS) is 17.2. The minimum atomic E-state index is -0.955. The van der Waals surface area contributed by atoms with Crippen LogP contribution in [-0.4, -0.2) is 22.5 Å². The Morgan fingerprint density at radius 1 is 1.52 bits per heavy atom. The van der Waals surface area contributed by atoms with E-state index in [1.54, 1.807) is 12.3 Å². The Labute approximate surface area is 135 Å². The van der Waals surface area contributed by atoms with Crippen molar-refractivity contribution in [2.24, 2.45) is 5.92 Å². The van der Waals surface area contributed by atoms with Crippen LogP contribution in [0.1, 0.15) is 28.1 Å². The summed E-state index contributed by atoms with van der Waals surface area (Å²) in [5, 5.41) is 15.7.